The molecule has 0 aromatic carbocycles. The van der Waals surface area contributed by atoms with Crippen molar-refractivity contribution in [2.24, 2.45) is 5.92 Å². The van der Waals surface area contributed by atoms with E-state index in [0.717, 1.165) is 25.7 Å². The number of hydrogen-bond donors (Lipinski definition) is 0. The number of esters is 1. The fourth-order valence-electron chi connectivity index (χ4n) is 2.78. The van der Waals surface area contributed by atoms with Gasteiger partial charge in [-0.15, -0.1) is 0 Å². The molecule has 15 heavy (non-hydrogen) atoms. The molecule has 0 aromatic rings. The van der Waals surface area contributed by atoms with Crippen molar-refractivity contribution < 1.29 is 9.53 Å². The number of carbonyl (C=O) groups excluding carboxylic acids is 1. The molecule has 0 aromatic heterocycles. The van der Waals surface area contributed by atoms with E-state index >= 15 is 0 Å². The normalized spacial score (nSPS) is 25.1. The van der Waals surface area contributed by atoms with Crippen LogP contribution < -0.4 is 0 Å². The summed E-state index contributed by atoms with van der Waals surface area (Å²) >= 11 is 0. The summed E-state index contributed by atoms with van der Waals surface area (Å²) in [5, 5.41) is 0. The highest BCUT2D eigenvalue weighted by atomic mass is 16.5. The summed E-state index contributed by atoms with van der Waals surface area (Å²) in [6.45, 7) is 0. The Bertz CT molecular complexity index is 199. The topological polar surface area (TPSA) is 26.3 Å². The molecule has 0 radical (unpaired) electrons. The lowest BCUT2D eigenvalue weighted by Crippen LogP contribution is -2.22. The van der Waals surface area contributed by atoms with Crippen LogP contribution in [-0.2, 0) is 9.53 Å². The molecule has 2 aliphatic carbocycles. The summed E-state index contributed by atoms with van der Waals surface area (Å²) < 4.78 is 5.62. The monoisotopic (exact) mass is 210 g/mol. The van der Waals surface area contributed by atoms with Crippen molar-refractivity contribution in [1.82, 2.24) is 0 Å². The molecule has 2 fully saturated rings. The summed E-state index contributed by atoms with van der Waals surface area (Å²) in [6.07, 6.45) is 12.1. The van der Waals surface area contributed by atoms with Gasteiger partial charge in [-0.1, -0.05) is 25.7 Å². The zero-order valence-electron chi connectivity index (χ0n) is 9.54. The third-order valence-corrected chi connectivity index (χ3v) is 3.77. The Morgan fingerprint density at radius 1 is 0.800 bits per heavy atom. The Morgan fingerprint density at radius 2 is 1.33 bits per heavy atom. The molecule has 2 rings (SSSR count). The predicted molar refractivity (Wildman–Crippen MR) is 59.5 cm³/mol. The second kappa shape index (κ2) is 5.53. The largest absolute Gasteiger partial charge is 0.462 e. The van der Waals surface area contributed by atoms with Gasteiger partial charge in [0.15, 0.2) is 0 Å². The van der Waals surface area contributed by atoms with Crippen LogP contribution in [0.2, 0.25) is 0 Å². The van der Waals surface area contributed by atoms with Crippen molar-refractivity contribution in [3.8, 4) is 0 Å². The van der Waals surface area contributed by atoms with Crippen LogP contribution in [0.3, 0.4) is 0 Å². The quantitative estimate of drug-likeness (QED) is 0.515. The molecule has 0 saturated heterocycles. The first-order valence-electron chi connectivity index (χ1n) is 6.57. The van der Waals surface area contributed by atoms with E-state index in [9.17, 15) is 4.79 Å². The SMILES string of the molecule is O=C(OC1CCCCCC1)C1CCCC1. The van der Waals surface area contributed by atoms with E-state index in [-0.39, 0.29) is 18.0 Å². The van der Waals surface area contributed by atoms with Gasteiger partial charge in [0.2, 0.25) is 0 Å². The van der Waals surface area contributed by atoms with Gasteiger partial charge in [-0.3, -0.25) is 4.79 Å². The zero-order chi connectivity index (χ0) is 10.5. The average molecular weight is 210 g/mol. The molecule has 0 heterocycles. The molecular weight excluding hydrogens is 188 g/mol. The molecule has 2 aliphatic rings. The van der Waals surface area contributed by atoms with Crippen LogP contribution >= 0.6 is 0 Å². The van der Waals surface area contributed by atoms with E-state index in [1.807, 2.05) is 0 Å². The molecule has 0 aliphatic heterocycles. The molecule has 86 valence electrons. The molecule has 0 N–H and O–H groups in total. The molecule has 2 nitrogen and oxygen atoms in total. The maximum absolute atomic E-state index is 11.8. The van der Waals surface area contributed by atoms with Gasteiger partial charge >= 0.3 is 5.97 Å². The highest BCUT2D eigenvalue weighted by Crippen LogP contribution is 2.28. The lowest BCUT2D eigenvalue weighted by molar-refractivity contribution is -0.154. The first-order chi connectivity index (χ1) is 7.36. The first kappa shape index (κ1) is 11.0. The average Bonchev–Trinajstić information content (AvgIpc) is 2.65. The van der Waals surface area contributed by atoms with Crippen LogP contribution in [0.15, 0.2) is 0 Å². The molecular formula is C13H22O2. The third kappa shape index (κ3) is 3.22. The van der Waals surface area contributed by atoms with Crippen molar-refractivity contribution in [2.45, 2.75) is 70.3 Å². The minimum atomic E-state index is 0.0967. The van der Waals surface area contributed by atoms with E-state index in [1.165, 1.54) is 38.5 Å². The number of rotatable bonds is 2. The molecule has 0 spiro atoms. The molecule has 0 bridgehead atoms. The van der Waals surface area contributed by atoms with Gasteiger partial charge in [0.05, 0.1) is 5.92 Å². The van der Waals surface area contributed by atoms with Crippen LogP contribution in [0, 0.1) is 5.92 Å². The second-order valence-corrected chi connectivity index (χ2v) is 5.03. The van der Waals surface area contributed by atoms with Crippen LogP contribution in [0.1, 0.15) is 64.2 Å². The number of carbonyl (C=O) groups is 1. The third-order valence-electron chi connectivity index (χ3n) is 3.77. The summed E-state index contributed by atoms with van der Waals surface area (Å²) in [5.41, 5.74) is 0. The maximum Gasteiger partial charge on any atom is 0.309 e. The van der Waals surface area contributed by atoms with Crippen LogP contribution in [-0.4, -0.2) is 12.1 Å². The maximum atomic E-state index is 11.8. The Labute approximate surface area is 92.4 Å². The predicted octanol–water partition coefficient (Wildman–Crippen LogP) is 3.44. The summed E-state index contributed by atoms with van der Waals surface area (Å²) in [7, 11) is 0. The van der Waals surface area contributed by atoms with Crippen molar-refractivity contribution in [1.29, 1.82) is 0 Å². The fourth-order valence-corrected chi connectivity index (χ4v) is 2.78. The van der Waals surface area contributed by atoms with E-state index in [0.29, 0.717) is 0 Å². The molecule has 2 heteroatoms. The Hall–Kier alpha value is -0.530. The van der Waals surface area contributed by atoms with Gasteiger partial charge in [0.1, 0.15) is 6.10 Å². The van der Waals surface area contributed by atoms with E-state index in [2.05, 4.69) is 0 Å². The van der Waals surface area contributed by atoms with Gasteiger partial charge in [-0.05, 0) is 38.5 Å². The van der Waals surface area contributed by atoms with E-state index in [1.54, 1.807) is 0 Å². The van der Waals surface area contributed by atoms with E-state index in [4.69, 9.17) is 4.74 Å². The highest BCUT2D eigenvalue weighted by molar-refractivity contribution is 5.72. The lowest BCUT2D eigenvalue weighted by Gasteiger charge is -2.17. The number of hydrogen-bond acceptors (Lipinski definition) is 2. The van der Waals surface area contributed by atoms with E-state index < -0.39 is 0 Å². The van der Waals surface area contributed by atoms with Gasteiger partial charge in [-0.25, -0.2) is 0 Å². The first-order valence-corrected chi connectivity index (χ1v) is 6.57. The highest BCUT2D eigenvalue weighted by Gasteiger charge is 2.26. The van der Waals surface area contributed by atoms with Gasteiger partial charge in [0, 0.05) is 0 Å². The summed E-state index contributed by atoms with van der Waals surface area (Å²) in [6, 6.07) is 0. The van der Waals surface area contributed by atoms with Gasteiger partial charge in [0.25, 0.3) is 0 Å². The van der Waals surface area contributed by atoms with Crippen LogP contribution in [0.4, 0.5) is 0 Å². The zero-order valence-corrected chi connectivity index (χ0v) is 9.54. The molecule has 0 unspecified atom stereocenters. The molecule has 0 atom stereocenters. The van der Waals surface area contributed by atoms with Gasteiger partial charge < -0.3 is 4.74 Å². The molecule has 2 saturated carbocycles. The minimum Gasteiger partial charge on any atom is -0.462 e. The second-order valence-electron chi connectivity index (χ2n) is 5.03. The minimum absolute atomic E-state index is 0.0967. The Kier molecular flexibility index (Phi) is 4.04. The standard InChI is InChI=1S/C13H22O2/c14-13(11-7-5-6-8-11)15-12-9-3-1-2-4-10-12/h11-12H,1-10H2. The van der Waals surface area contributed by atoms with Crippen LogP contribution in [0.5, 0.6) is 0 Å². The van der Waals surface area contributed by atoms with Crippen molar-refractivity contribution in [3.05, 3.63) is 0 Å². The summed E-state index contributed by atoms with van der Waals surface area (Å²) in [4.78, 5) is 11.8. The van der Waals surface area contributed by atoms with Crippen molar-refractivity contribution in [3.63, 3.8) is 0 Å². The fraction of sp³-hybridized carbons (Fsp3) is 0.923. The summed E-state index contributed by atoms with van der Waals surface area (Å²) in [5.74, 6) is 0.327. The Morgan fingerprint density at radius 3 is 1.93 bits per heavy atom. The smallest absolute Gasteiger partial charge is 0.309 e. The molecule has 0 amide bonds. The van der Waals surface area contributed by atoms with Crippen LogP contribution in [0.25, 0.3) is 0 Å². The Balaban J connectivity index is 1.76. The van der Waals surface area contributed by atoms with Crippen molar-refractivity contribution >= 4 is 5.97 Å². The lowest BCUT2D eigenvalue weighted by atomic mass is 10.1. The van der Waals surface area contributed by atoms with Gasteiger partial charge in [-0.2, -0.15) is 0 Å². The number of ether oxygens (including phenoxy) is 1. The van der Waals surface area contributed by atoms with Crippen molar-refractivity contribution in [2.75, 3.05) is 0 Å².